The average Bonchev–Trinajstić information content (AvgIpc) is 2.83. The zero-order valence-electron chi connectivity index (χ0n) is 17.8. The number of benzene rings is 2. The Morgan fingerprint density at radius 1 is 0.812 bits per heavy atom. The Hall–Kier alpha value is -3.88. The van der Waals surface area contributed by atoms with Crippen LogP contribution in [0.5, 0.6) is 11.5 Å². The minimum Gasteiger partial charge on any atom is -0.497 e. The lowest BCUT2D eigenvalue weighted by Gasteiger charge is -2.31. The third-order valence-electron chi connectivity index (χ3n) is 4.97. The summed E-state index contributed by atoms with van der Waals surface area (Å²) in [5.41, 5.74) is 0.728. The Kier molecular flexibility index (Phi) is 6.77. The molecule has 0 fully saturated rings. The van der Waals surface area contributed by atoms with Gasteiger partial charge in [0.2, 0.25) is 0 Å². The lowest BCUT2D eigenvalue weighted by Crippen LogP contribution is -2.29. The maximum absolute atomic E-state index is 13.8. The van der Waals surface area contributed by atoms with Crippen molar-refractivity contribution in [2.75, 3.05) is 33.3 Å². The van der Waals surface area contributed by atoms with Crippen LogP contribution in [-0.2, 0) is 19.1 Å². The molecule has 1 aliphatic rings. The van der Waals surface area contributed by atoms with Gasteiger partial charge in [0.1, 0.15) is 11.5 Å². The van der Waals surface area contributed by atoms with Crippen LogP contribution in [0.2, 0.25) is 0 Å². The Morgan fingerprint density at radius 2 is 1.44 bits per heavy atom. The second kappa shape index (κ2) is 9.51. The van der Waals surface area contributed by atoms with E-state index in [4.69, 9.17) is 18.9 Å². The number of ether oxygens (including phenoxy) is 4. The summed E-state index contributed by atoms with van der Waals surface area (Å²) in [7, 11) is 5.32. The first-order valence-corrected chi connectivity index (χ1v) is 9.40. The van der Waals surface area contributed by atoms with Crippen LogP contribution in [0.15, 0.2) is 59.9 Å². The topological polar surface area (TPSA) is 74.3 Å². The Bertz CT molecular complexity index is 1080. The van der Waals surface area contributed by atoms with Gasteiger partial charge in [-0.25, -0.2) is 18.4 Å². The number of methoxy groups -OCH3 is 4. The van der Waals surface area contributed by atoms with Gasteiger partial charge in [0.05, 0.1) is 45.5 Å². The van der Waals surface area contributed by atoms with Crippen molar-refractivity contribution in [3.63, 3.8) is 0 Å². The highest BCUT2D eigenvalue weighted by Gasteiger charge is 2.37. The Labute approximate surface area is 183 Å². The fraction of sp³-hybridized carbons (Fsp3) is 0.217. The van der Waals surface area contributed by atoms with Crippen LogP contribution >= 0.6 is 0 Å². The predicted octanol–water partition coefficient (Wildman–Crippen LogP) is 3.70. The standard InChI is InChI=1S/C23H21F2NO6/c1-29-14-6-8-20(30-2)15(10-14)21-16(22(27)31-3)11-26(12-17(21)23(28)32-4)13-5-7-18(24)19(25)9-13/h5-12,21H,1-4H3. The number of hydrogen-bond acceptors (Lipinski definition) is 7. The van der Waals surface area contributed by atoms with Crippen molar-refractivity contribution in [2.45, 2.75) is 5.92 Å². The van der Waals surface area contributed by atoms with E-state index in [1.165, 1.54) is 51.8 Å². The molecule has 0 atom stereocenters. The monoisotopic (exact) mass is 445 g/mol. The lowest BCUT2D eigenvalue weighted by molar-refractivity contribution is -0.137. The Morgan fingerprint density at radius 3 is 1.94 bits per heavy atom. The highest BCUT2D eigenvalue weighted by molar-refractivity contribution is 6.00. The molecule has 0 bridgehead atoms. The number of hydrogen-bond donors (Lipinski definition) is 0. The molecule has 3 rings (SSSR count). The smallest absolute Gasteiger partial charge is 0.336 e. The second-order valence-electron chi connectivity index (χ2n) is 6.70. The molecule has 32 heavy (non-hydrogen) atoms. The minimum atomic E-state index is -1.08. The van der Waals surface area contributed by atoms with E-state index in [1.807, 2.05) is 0 Å². The van der Waals surface area contributed by atoms with E-state index in [0.717, 1.165) is 12.1 Å². The molecule has 1 heterocycles. The zero-order chi connectivity index (χ0) is 23.4. The molecule has 7 nitrogen and oxygen atoms in total. The van der Waals surface area contributed by atoms with Crippen molar-refractivity contribution in [1.82, 2.24) is 0 Å². The fourth-order valence-corrected chi connectivity index (χ4v) is 3.43. The van der Waals surface area contributed by atoms with Gasteiger partial charge in [-0.05, 0) is 30.3 Å². The molecule has 0 radical (unpaired) electrons. The van der Waals surface area contributed by atoms with Gasteiger partial charge in [-0.3, -0.25) is 0 Å². The molecular formula is C23H21F2NO6. The second-order valence-corrected chi connectivity index (χ2v) is 6.70. The quantitative estimate of drug-likeness (QED) is 0.628. The molecule has 2 aromatic rings. The molecule has 0 saturated heterocycles. The predicted molar refractivity (Wildman–Crippen MR) is 111 cm³/mol. The van der Waals surface area contributed by atoms with Crippen molar-refractivity contribution in [2.24, 2.45) is 0 Å². The van der Waals surface area contributed by atoms with Crippen molar-refractivity contribution in [1.29, 1.82) is 0 Å². The van der Waals surface area contributed by atoms with Crippen LogP contribution in [0.3, 0.4) is 0 Å². The molecular weight excluding hydrogens is 424 g/mol. The molecule has 1 aliphatic heterocycles. The first-order chi connectivity index (χ1) is 15.3. The largest absolute Gasteiger partial charge is 0.497 e. The first-order valence-electron chi connectivity index (χ1n) is 9.40. The van der Waals surface area contributed by atoms with Gasteiger partial charge >= 0.3 is 11.9 Å². The summed E-state index contributed by atoms with van der Waals surface area (Å²) >= 11 is 0. The fourth-order valence-electron chi connectivity index (χ4n) is 3.43. The van der Waals surface area contributed by atoms with Crippen molar-refractivity contribution in [3.8, 4) is 11.5 Å². The van der Waals surface area contributed by atoms with Crippen LogP contribution in [-0.4, -0.2) is 40.4 Å². The summed E-state index contributed by atoms with van der Waals surface area (Å²) < 4.78 is 47.9. The number of rotatable bonds is 6. The Balaban J connectivity index is 2.26. The van der Waals surface area contributed by atoms with Gasteiger partial charge in [-0.1, -0.05) is 0 Å². The molecule has 0 amide bonds. The maximum Gasteiger partial charge on any atom is 0.336 e. The summed E-state index contributed by atoms with van der Waals surface area (Å²) in [6, 6.07) is 8.13. The van der Waals surface area contributed by atoms with E-state index in [1.54, 1.807) is 18.2 Å². The number of esters is 2. The summed E-state index contributed by atoms with van der Waals surface area (Å²) in [5, 5.41) is 0. The highest BCUT2D eigenvalue weighted by atomic mass is 19.2. The van der Waals surface area contributed by atoms with E-state index in [9.17, 15) is 18.4 Å². The number of carbonyl (C=O) groups is 2. The highest BCUT2D eigenvalue weighted by Crippen LogP contribution is 2.43. The summed E-state index contributed by atoms with van der Waals surface area (Å²) in [6.07, 6.45) is 2.77. The van der Waals surface area contributed by atoms with Crippen LogP contribution in [0.25, 0.3) is 0 Å². The van der Waals surface area contributed by atoms with Crippen LogP contribution < -0.4 is 14.4 Å². The van der Waals surface area contributed by atoms with Crippen LogP contribution in [0.1, 0.15) is 11.5 Å². The van der Waals surface area contributed by atoms with Crippen LogP contribution in [0, 0.1) is 11.6 Å². The van der Waals surface area contributed by atoms with Gasteiger partial charge in [0.25, 0.3) is 0 Å². The molecule has 0 N–H and O–H groups in total. The summed E-state index contributed by atoms with van der Waals surface area (Å²) in [4.78, 5) is 26.8. The number of nitrogens with zero attached hydrogens (tertiary/aromatic N) is 1. The molecule has 0 aromatic heterocycles. The van der Waals surface area contributed by atoms with Gasteiger partial charge in [0.15, 0.2) is 11.6 Å². The van der Waals surface area contributed by atoms with E-state index < -0.39 is 29.5 Å². The van der Waals surface area contributed by atoms with E-state index in [-0.39, 0.29) is 16.8 Å². The minimum absolute atomic E-state index is 0.0479. The first kappa shape index (κ1) is 22.8. The number of carbonyl (C=O) groups excluding carboxylic acids is 2. The maximum atomic E-state index is 13.8. The molecule has 9 heteroatoms. The zero-order valence-corrected chi connectivity index (χ0v) is 17.8. The van der Waals surface area contributed by atoms with Crippen molar-refractivity contribution < 1.29 is 37.3 Å². The van der Waals surface area contributed by atoms with Gasteiger partial charge < -0.3 is 23.8 Å². The van der Waals surface area contributed by atoms with Gasteiger partial charge in [0, 0.05) is 29.7 Å². The third-order valence-corrected chi connectivity index (χ3v) is 4.97. The lowest BCUT2D eigenvalue weighted by atomic mass is 9.82. The van der Waals surface area contributed by atoms with Gasteiger partial charge in [-0.15, -0.1) is 0 Å². The van der Waals surface area contributed by atoms with E-state index in [0.29, 0.717) is 17.1 Å². The molecule has 0 aliphatic carbocycles. The van der Waals surface area contributed by atoms with Gasteiger partial charge in [-0.2, -0.15) is 0 Å². The van der Waals surface area contributed by atoms with E-state index >= 15 is 0 Å². The SMILES string of the molecule is COC(=O)C1=CN(c2ccc(F)c(F)c2)C=C(C(=O)OC)C1c1cc(OC)ccc1OC. The summed E-state index contributed by atoms with van der Waals surface area (Å²) in [6.45, 7) is 0. The molecule has 0 unspecified atom stereocenters. The third kappa shape index (κ3) is 4.27. The normalized spacial score (nSPS) is 13.8. The molecule has 168 valence electrons. The van der Waals surface area contributed by atoms with Crippen molar-refractivity contribution in [3.05, 3.63) is 77.1 Å². The number of anilines is 1. The molecule has 0 spiro atoms. The number of halogens is 2. The average molecular weight is 445 g/mol. The van der Waals surface area contributed by atoms with Crippen molar-refractivity contribution >= 4 is 17.6 Å². The molecule has 2 aromatic carbocycles. The van der Waals surface area contributed by atoms with Crippen LogP contribution in [0.4, 0.5) is 14.5 Å². The summed E-state index contributed by atoms with van der Waals surface area (Å²) in [5.74, 6) is -3.66. The van der Waals surface area contributed by atoms with E-state index in [2.05, 4.69) is 0 Å². The molecule has 0 saturated carbocycles.